The Morgan fingerprint density at radius 3 is 2.62 bits per heavy atom. The molecule has 0 saturated heterocycles. The van der Waals surface area contributed by atoms with Gasteiger partial charge in [0, 0.05) is 9.50 Å². The van der Waals surface area contributed by atoms with Gasteiger partial charge in [-0.3, -0.25) is 0 Å². The molecule has 0 fully saturated rings. The van der Waals surface area contributed by atoms with Gasteiger partial charge < -0.3 is 4.74 Å². The van der Waals surface area contributed by atoms with Crippen molar-refractivity contribution in [1.29, 1.82) is 0 Å². The summed E-state index contributed by atoms with van der Waals surface area (Å²) in [4.78, 5) is 11.9. The number of benzene rings is 1. The normalized spacial score (nSPS) is 11.2. The fourth-order valence-electron chi connectivity index (χ4n) is 1.68. The first-order chi connectivity index (χ1) is 9.90. The molecule has 0 unspecified atom stereocenters. The van der Waals surface area contributed by atoms with E-state index in [0.29, 0.717) is 15.1 Å². The van der Waals surface area contributed by atoms with E-state index in [1.54, 1.807) is 18.2 Å². The average Bonchev–Trinajstić information content (AvgIpc) is 2.37. The molecule has 0 aliphatic rings. The van der Waals surface area contributed by atoms with Crippen molar-refractivity contribution in [3.05, 3.63) is 56.6 Å². The highest BCUT2D eigenvalue weighted by molar-refractivity contribution is 9.10. The lowest BCUT2D eigenvalue weighted by Gasteiger charge is -2.05. The molecule has 0 radical (unpaired) electrons. The second-order valence-electron chi connectivity index (χ2n) is 5.09. The Morgan fingerprint density at radius 2 is 2.00 bits per heavy atom. The van der Waals surface area contributed by atoms with Crippen LogP contribution in [0.3, 0.4) is 0 Å². The molecule has 4 heteroatoms. The number of hydrogen-bond acceptors (Lipinski definition) is 2. The van der Waals surface area contributed by atoms with Crippen molar-refractivity contribution >= 4 is 33.5 Å². The minimum atomic E-state index is -0.355. The quantitative estimate of drug-likeness (QED) is 0.456. The smallest absolute Gasteiger partial charge is 0.339 e. The van der Waals surface area contributed by atoms with Crippen LogP contribution in [0.4, 0.5) is 0 Å². The molecule has 114 valence electrons. The minimum absolute atomic E-state index is 0.286. The molecular formula is C17H20BrClO2. The predicted octanol–water partition coefficient (Wildman–Crippen LogP) is 5.95. The van der Waals surface area contributed by atoms with Gasteiger partial charge in [-0.2, -0.15) is 0 Å². The van der Waals surface area contributed by atoms with Gasteiger partial charge in [0.2, 0.25) is 0 Å². The van der Waals surface area contributed by atoms with E-state index >= 15 is 0 Å². The molecule has 0 aliphatic carbocycles. The van der Waals surface area contributed by atoms with Gasteiger partial charge in [0.1, 0.15) is 6.61 Å². The van der Waals surface area contributed by atoms with E-state index in [9.17, 15) is 4.79 Å². The monoisotopic (exact) mass is 370 g/mol. The summed E-state index contributed by atoms with van der Waals surface area (Å²) >= 11 is 9.15. The summed E-state index contributed by atoms with van der Waals surface area (Å²) < 4.78 is 5.89. The molecule has 0 aromatic heterocycles. The number of esters is 1. The van der Waals surface area contributed by atoms with Gasteiger partial charge in [0.05, 0.1) is 5.56 Å². The van der Waals surface area contributed by atoms with Crippen LogP contribution in [0, 0.1) is 0 Å². The zero-order chi connectivity index (χ0) is 15.8. The molecule has 0 atom stereocenters. The standard InChI is InChI=1S/C17H20BrClO2/c1-12(2)5-4-6-13(3)9-10-21-17(20)15-8-7-14(19)11-16(15)18/h5,7-9,11H,4,6,10H2,1-3H3/b13-9+. The molecule has 0 aliphatic heterocycles. The van der Waals surface area contributed by atoms with Gasteiger partial charge in [0.15, 0.2) is 0 Å². The van der Waals surface area contributed by atoms with Crippen molar-refractivity contribution < 1.29 is 9.53 Å². The van der Waals surface area contributed by atoms with Crippen molar-refractivity contribution in [3.63, 3.8) is 0 Å². The molecule has 1 aromatic rings. The van der Waals surface area contributed by atoms with Crippen LogP contribution in [-0.4, -0.2) is 12.6 Å². The van der Waals surface area contributed by atoms with E-state index in [-0.39, 0.29) is 12.6 Å². The Bertz CT molecular complexity index is 558. The predicted molar refractivity (Wildman–Crippen MR) is 91.9 cm³/mol. The summed E-state index contributed by atoms with van der Waals surface area (Å²) in [6, 6.07) is 5.00. The Labute approximate surface area is 140 Å². The third-order valence-corrected chi connectivity index (χ3v) is 3.78. The fraction of sp³-hybridized carbons (Fsp3) is 0.353. The van der Waals surface area contributed by atoms with Gasteiger partial charge in [-0.1, -0.05) is 28.8 Å². The maximum absolute atomic E-state index is 11.9. The number of rotatable bonds is 6. The topological polar surface area (TPSA) is 26.3 Å². The first-order valence-electron chi connectivity index (χ1n) is 6.81. The highest BCUT2D eigenvalue weighted by atomic mass is 79.9. The Balaban J connectivity index is 2.47. The first-order valence-corrected chi connectivity index (χ1v) is 7.98. The summed E-state index contributed by atoms with van der Waals surface area (Å²) in [6.45, 7) is 6.51. The molecule has 0 bridgehead atoms. The van der Waals surface area contributed by atoms with Crippen LogP contribution in [0.5, 0.6) is 0 Å². The van der Waals surface area contributed by atoms with Gasteiger partial charge in [-0.25, -0.2) is 4.79 Å². The Kier molecular flexibility index (Phi) is 7.76. The molecule has 2 nitrogen and oxygen atoms in total. The maximum Gasteiger partial charge on any atom is 0.339 e. The van der Waals surface area contributed by atoms with Gasteiger partial charge >= 0.3 is 5.97 Å². The number of allylic oxidation sites excluding steroid dienone is 3. The highest BCUT2D eigenvalue weighted by Crippen LogP contribution is 2.22. The SMILES string of the molecule is CC(C)=CCC/C(C)=C/COC(=O)c1ccc(Cl)cc1Br. The minimum Gasteiger partial charge on any atom is -0.458 e. The summed E-state index contributed by atoms with van der Waals surface area (Å²) in [5.74, 6) is -0.355. The lowest BCUT2D eigenvalue weighted by atomic mass is 10.1. The highest BCUT2D eigenvalue weighted by Gasteiger charge is 2.11. The van der Waals surface area contributed by atoms with Crippen molar-refractivity contribution in [2.24, 2.45) is 0 Å². The van der Waals surface area contributed by atoms with Crippen LogP contribution in [0.15, 0.2) is 46.0 Å². The molecule has 0 saturated carbocycles. The summed E-state index contributed by atoms with van der Waals surface area (Å²) in [5.41, 5.74) is 3.02. The zero-order valence-corrected chi connectivity index (χ0v) is 14.9. The largest absolute Gasteiger partial charge is 0.458 e. The summed E-state index contributed by atoms with van der Waals surface area (Å²) in [5, 5.41) is 0.577. The van der Waals surface area contributed by atoms with Crippen LogP contribution in [0.1, 0.15) is 44.0 Å². The number of hydrogen-bond donors (Lipinski definition) is 0. The van der Waals surface area contributed by atoms with Crippen LogP contribution in [0.2, 0.25) is 5.02 Å². The van der Waals surface area contributed by atoms with Crippen molar-refractivity contribution in [3.8, 4) is 0 Å². The van der Waals surface area contributed by atoms with E-state index in [4.69, 9.17) is 16.3 Å². The van der Waals surface area contributed by atoms with Crippen LogP contribution in [0.25, 0.3) is 0 Å². The van der Waals surface area contributed by atoms with Crippen LogP contribution < -0.4 is 0 Å². The Morgan fingerprint density at radius 1 is 1.29 bits per heavy atom. The van der Waals surface area contributed by atoms with Crippen molar-refractivity contribution in [1.82, 2.24) is 0 Å². The van der Waals surface area contributed by atoms with Crippen LogP contribution in [-0.2, 0) is 4.74 Å². The fourth-order valence-corrected chi connectivity index (χ4v) is 2.53. The molecule has 1 rings (SSSR count). The van der Waals surface area contributed by atoms with E-state index < -0.39 is 0 Å². The zero-order valence-electron chi connectivity index (χ0n) is 12.6. The van der Waals surface area contributed by atoms with E-state index in [0.717, 1.165) is 12.8 Å². The third kappa shape index (κ3) is 6.96. The number of carbonyl (C=O) groups excluding carboxylic acids is 1. The lowest BCUT2D eigenvalue weighted by Crippen LogP contribution is -2.06. The lowest BCUT2D eigenvalue weighted by molar-refractivity contribution is 0.0548. The Hall–Kier alpha value is -1.06. The van der Waals surface area contributed by atoms with E-state index in [2.05, 4.69) is 35.9 Å². The van der Waals surface area contributed by atoms with Crippen molar-refractivity contribution in [2.75, 3.05) is 6.61 Å². The molecule has 0 amide bonds. The van der Waals surface area contributed by atoms with Gasteiger partial charge in [-0.05, 0) is 73.8 Å². The third-order valence-electron chi connectivity index (χ3n) is 2.89. The van der Waals surface area contributed by atoms with Crippen molar-refractivity contribution in [2.45, 2.75) is 33.6 Å². The van der Waals surface area contributed by atoms with Gasteiger partial charge in [0.25, 0.3) is 0 Å². The van der Waals surface area contributed by atoms with E-state index in [1.165, 1.54) is 11.1 Å². The molecule has 0 spiro atoms. The molecule has 21 heavy (non-hydrogen) atoms. The number of carbonyl (C=O) groups is 1. The molecule has 1 aromatic carbocycles. The number of ether oxygens (including phenoxy) is 1. The maximum atomic E-state index is 11.9. The van der Waals surface area contributed by atoms with Gasteiger partial charge in [-0.15, -0.1) is 0 Å². The average molecular weight is 372 g/mol. The molecule has 0 heterocycles. The molecule has 0 N–H and O–H groups in total. The second-order valence-corrected chi connectivity index (χ2v) is 6.38. The summed E-state index contributed by atoms with van der Waals surface area (Å²) in [6.07, 6.45) is 6.14. The summed E-state index contributed by atoms with van der Waals surface area (Å²) in [7, 11) is 0. The second kappa shape index (κ2) is 9.06. The van der Waals surface area contributed by atoms with E-state index in [1.807, 2.05) is 13.0 Å². The molecular weight excluding hydrogens is 352 g/mol. The van der Waals surface area contributed by atoms with Crippen LogP contribution >= 0.6 is 27.5 Å². The number of halogens is 2. The first kappa shape index (κ1) is 18.0.